The lowest BCUT2D eigenvalue weighted by Gasteiger charge is -2.00. The molecule has 0 spiro atoms. The predicted molar refractivity (Wildman–Crippen MR) is 68.9 cm³/mol. The summed E-state index contributed by atoms with van der Waals surface area (Å²) in [7, 11) is 0. The molecule has 1 heterocycles. The van der Waals surface area contributed by atoms with Crippen molar-refractivity contribution in [3.63, 3.8) is 0 Å². The Labute approximate surface area is 106 Å². The molecule has 0 fully saturated rings. The third-order valence-corrected chi connectivity index (χ3v) is 3.84. The van der Waals surface area contributed by atoms with Gasteiger partial charge in [0.25, 0.3) is 0 Å². The third kappa shape index (κ3) is 2.18. The summed E-state index contributed by atoms with van der Waals surface area (Å²) in [5.74, 6) is 0.222. The largest absolute Gasteiger partial charge is 0.506 e. The molecule has 2 rings (SSSR count). The summed E-state index contributed by atoms with van der Waals surface area (Å²) >= 11 is 4.81. The van der Waals surface area contributed by atoms with Crippen LogP contribution in [-0.2, 0) is 11.2 Å². The number of halogens is 1. The minimum Gasteiger partial charge on any atom is -0.506 e. The minimum atomic E-state index is 0.222. The normalized spacial score (nSPS) is 10.3. The van der Waals surface area contributed by atoms with E-state index >= 15 is 0 Å². The number of aromatic hydroxyl groups is 1. The van der Waals surface area contributed by atoms with Crippen LogP contribution >= 0.6 is 27.3 Å². The molecule has 4 heteroatoms. The summed E-state index contributed by atoms with van der Waals surface area (Å²) in [5.41, 5.74) is 1.65. The van der Waals surface area contributed by atoms with Crippen LogP contribution in [-0.4, -0.2) is 11.4 Å². The number of rotatable bonds is 3. The minimum absolute atomic E-state index is 0.222. The van der Waals surface area contributed by atoms with Crippen molar-refractivity contribution in [1.82, 2.24) is 0 Å². The number of carbonyl (C=O) groups excluding carboxylic acids is 1. The molecule has 0 unspecified atom stereocenters. The van der Waals surface area contributed by atoms with E-state index in [2.05, 4.69) is 15.9 Å². The van der Waals surface area contributed by atoms with Crippen molar-refractivity contribution in [3.05, 3.63) is 39.7 Å². The molecule has 1 N–H and O–H groups in total. The molecule has 0 bridgehead atoms. The molecule has 0 atom stereocenters. The second kappa shape index (κ2) is 4.80. The number of benzene rings is 1. The molecule has 2 aromatic rings. The van der Waals surface area contributed by atoms with E-state index in [-0.39, 0.29) is 12.2 Å². The molecule has 1 aromatic heterocycles. The first-order valence-corrected chi connectivity index (χ1v) is 6.38. The van der Waals surface area contributed by atoms with Crippen LogP contribution in [0.25, 0.3) is 10.4 Å². The zero-order valence-electron chi connectivity index (χ0n) is 8.31. The molecule has 0 radical (unpaired) electrons. The van der Waals surface area contributed by atoms with Crippen LogP contribution in [0.4, 0.5) is 0 Å². The summed E-state index contributed by atoms with van der Waals surface area (Å²) < 4.78 is 1.00. The number of aldehydes is 1. The molecule has 0 saturated heterocycles. The number of hydrogen-bond acceptors (Lipinski definition) is 3. The quantitative estimate of drug-likeness (QED) is 0.878. The second-order valence-corrected chi connectivity index (χ2v) is 5.11. The van der Waals surface area contributed by atoms with Crippen molar-refractivity contribution < 1.29 is 9.90 Å². The molecule has 2 nitrogen and oxygen atoms in total. The second-order valence-electron chi connectivity index (χ2n) is 3.32. The number of carbonyl (C=O) groups is 1. The summed E-state index contributed by atoms with van der Waals surface area (Å²) in [6.45, 7) is 0. The molecule has 0 aliphatic heterocycles. The zero-order chi connectivity index (χ0) is 11.5. The van der Waals surface area contributed by atoms with Crippen molar-refractivity contribution in [1.29, 1.82) is 0 Å². The Kier molecular flexibility index (Phi) is 3.41. The van der Waals surface area contributed by atoms with E-state index in [4.69, 9.17) is 0 Å². The van der Waals surface area contributed by atoms with E-state index in [1.54, 1.807) is 0 Å². The fourth-order valence-electron chi connectivity index (χ4n) is 1.43. The van der Waals surface area contributed by atoms with Crippen molar-refractivity contribution in [2.45, 2.75) is 6.42 Å². The predicted octanol–water partition coefficient (Wildman–Crippen LogP) is 3.62. The molecule has 0 saturated carbocycles. The lowest BCUT2D eigenvalue weighted by molar-refractivity contribution is -0.107. The van der Waals surface area contributed by atoms with Gasteiger partial charge >= 0.3 is 0 Å². The molecular formula is C12H9BrO2S. The van der Waals surface area contributed by atoms with Gasteiger partial charge in [-0.15, -0.1) is 11.3 Å². The molecule has 82 valence electrons. The van der Waals surface area contributed by atoms with Gasteiger partial charge in [0, 0.05) is 16.5 Å². The van der Waals surface area contributed by atoms with Gasteiger partial charge in [-0.25, -0.2) is 0 Å². The zero-order valence-corrected chi connectivity index (χ0v) is 10.7. The van der Waals surface area contributed by atoms with Crippen molar-refractivity contribution in [3.8, 4) is 16.2 Å². The van der Waals surface area contributed by atoms with Crippen molar-refractivity contribution >= 4 is 33.6 Å². The summed E-state index contributed by atoms with van der Waals surface area (Å²) in [6.07, 6.45) is 1.06. The Morgan fingerprint density at radius 1 is 1.31 bits per heavy atom. The highest BCUT2D eigenvalue weighted by Gasteiger charge is 2.11. The lowest BCUT2D eigenvalue weighted by Crippen LogP contribution is -1.82. The van der Waals surface area contributed by atoms with Gasteiger partial charge in [-0.3, -0.25) is 0 Å². The van der Waals surface area contributed by atoms with E-state index in [1.807, 2.05) is 29.6 Å². The summed E-state index contributed by atoms with van der Waals surface area (Å²) in [5, 5.41) is 11.7. The highest BCUT2D eigenvalue weighted by atomic mass is 79.9. The summed E-state index contributed by atoms with van der Waals surface area (Å²) in [6, 6.07) is 7.71. The summed E-state index contributed by atoms with van der Waals surface area (Å²) in [4.78, 5) is 11.2. The van der Waals surface area contributed by atoms with Crippen LogP contribution in [0.5, 0.6) is 5.75 Å². The smallest absolute Gasteiger partial charge is 0.137 e. The van der Waals surface area contributed by atoms with Crippen LogP contribution in [0, 0.1) is 0 Å². The molecule has 1 aromatic carbocycles. The SMILES string of the molecule is O=CCc1csc(-c2ccc(Br)cc2)c1O. The first kappa shape index (κ1) is 11.4. The van der Waals surface area contributed by atoms with Crippen LogP contribution in [0.2, 0.25) is 0 Å². The van der Waals surface area contributed by atoms with Gasteiger partial charge in [0.1, 0.15) is 12.0 Å². The molecule has 0 aliphatic rings. The van der Waals surface area contributed by atoms with Crippen molar-refractivity contribution in [2.24, 2.45) is 0 Å². The maximum Gasteiger partial charge on any atom is 0.137 e. The number of hydrogen-bond donors (Lipinski definition) is 1. The fourth-order valence-corrected chi connectivity index (χ4v) is 2.68. The Bertz CT molecular complexity index is 502. The van der Waals surface area contributed by atoms with E-state index in [1.165, 1.54) is 11.3 Å². The maximum atomic E-state index is 10.4. The Morgan fingerprint density at radius 3 is 2.62 bits per heavy atom. The van der Waals surface area contributed by atoms with E-state index in [9.17, 15) is 9.90 Å². The average molecular weight is 297 g/mol. The third-order valence-electron chi connectivity index (χ3n) is 2.25. The standard InChI is InChI=1S/C12H9BrO2S/c13-10-3-1-8(2-4-10)12-11(15)9(5-6-14)7-16-12/h1-4,6-7,15H,5H2. The van der Waals surface area contributed by atoms with Crippen LogP contribution in [0.3, 0.4) is 0 Å². The molecule has 0 aliphatic carbocycles. The van der Waals surface area contributed by atoms with Gasteiger partial charge in [0.15, 0.2) is 0 Å². The van der Waals surface area contributed by atoms with Gasteiger partial charge in [-0.05, 0) is 23.1 Å². The van der Waals surface area contributed by atoms with E-state index in [0.29, 0.717) is 5.56 Å². The first-order chi connectivity index (χ1) is 7.72. The molecule has 0 amide bonds. The Balaban J connectivity index is 2.40. The van der Waals surface area contributed by atoms with E-state index in [0.717, 1.165) is 21.2 Å². The van der Waals surface area contributed by atoms with Gasteiger partial charge in [-0.1, -0.05) is 28.1 Å². The van der Waals surface area contributed by atoms with Gasteiger partial charge in [0.05, 0.1) is 4.88 Å². The molecule has 16 heavy (non-hydrogen) atoms. The highest BCUT2D eigenvalue weighted by Crippen LogP contribution is 2.38. The van der Waals surface area contributed by atoms with Crippen LogP contribution in [0.15, 0.2) is 34.1 Å². The Hall–Kier alpha value is -1.13. The maximum absolute atomic E-state index is 10.4. The topological polar surface area (TPSA) is 37.3 Å². The van der Waals surface area contributed by atoms with Gasteiger partial charge in [-0.2, -0.15) is 0 Å². The fraction of sp³-hybridized carbons (Fsp3) is 0.0833. The average Bonchev–Trinajstić information content (AvgIpc) is 2.63. The first-order valence-electron chi connectivity index (χ1n) is 4.71. The lowest BCUT2D eigenvalue weighted by atomic mass is 10.1. The van der Waals surface area contributed by atoms with Gasteiger partial charge in [0.2, 0.25) is 0 Å². The Morgan fingerprint density at radius 2 is 2.00 bits per heavy atom. The van der Waals surface area contributed by atoms with Crippen LogP contribution < -0.4 is 0 Å². The molecular weight excluding hydrogens is 288 g/mol. The number of thiophene rings is 1. The monoisotopic (exact) mass is 296 g/mol. The van der Waals surface area contributed by atoms with E-state index < -0.39 is 0 Å². The van der Waals surface area contributed by atoms with Crippen LogP contribution in [0.1, 0.15) is 5.56 Å². The van der Waals surface area contributed by atoms with Crippen molar-refractivity contribution in [2.75, 3.05) is 0 Å². The highest BCUT2D eigenvalue weighted by molar-refractivity contribution is 9.10. The van der Waals surface area contributed by atoms with Gasteiger partial charge < -0.3 is 9.90 Å².